The van der Waals surface area contributed by atoms with Gasteiger partial charge in [0.15, 0.2) is 0 Å². The maximum Gasteiger partial charge on any atom is 0.321 e. The zero-order valence-corrected chi connectivity index (χ0v) is 14.2. The first kappa shape index (κ1) is 17.7. The standard InChI is InChI=1S/C17H19N3O3S/c1-3-10-18-16(22)19-14(21)11-20-15(12-8-6-5-7-9-12)13(4-2)24-17(20)23/h3,5-9H,1,4,10-11H2,2H3,(H2,18,19,21,22). The molecular weight excluding hydrogens is 326 g/mol. The maximum atomic E-state index is 12.3. The molecule has 3 amide bonds. The Balaban J connectivity index is 2.26. The van der Waals surface area contributed by atoms with E-state index in [-0.39, 0.29) is 18.0 Å². The Morgan fingerprint density at radius 2 is 2.00 bits per heavy atom. The first-order valence-electron chi connectivity index (χ1n) is 7.53. The molecule has 126 valence electrons. The van der Waals surface area contributed by atoms with Gasteiger partial charge in [0, 0.05) is 11.4 Å². The Kier molecular flexibility index (Phi) is 6.08. The summed E-state index contributed by atoms with van der Waals surface area (Å²) < 4.78 is 1.41. The molecule has 24 heavy (non-hydrogen) atoms. The molecule has 0 saturated heterocycles. The van der Waals surface area contributed by atoms with E-state index >= 15 is 0 Å². The van der Waals surface area contributed by atoms with Crippen molar-refractivity contribution in [2.24, 2.45) is 0 Å². The summed E-state index contributed by atoms with van der Waals surface area (Å²) in [6.07, 6.45) is 2.20. The van der Waals surface area contributed by atoms with Gasteiger partial charge in [-0.3, -0.25) is 19.5 Å². The van der Waals surface area contributed by atoms with E-state index in [2.05, 4.69) is 17.2 Å². The van der Waals surface area contributed by atoms with E-state index in [1.165, 1.54) is 10.6 Å². The SMILES string of the molecule is C=CCNC(=O)NC(=O)Cn1c(-c2ccccc2)c(CC)sc1=O. The van der Waals surface area contributed by atoms with Crippen LogP contribution in [0.15, 0.2) is 47.8 Å². The fourth-order valence-electron chi connectivity index (χ4n) is 2.27. The van der Waals surface area contributed by atoms with Gasteiger partial charge in [-0.2, -0.15) is 0 Å². The molecule has 0 aliphatic rings. The highest BCUT2D eigenvalue weighted by Gasteiger charge is 2.18. The molecule has 0 aliphatic heterocycles. The highest BCUT2D eigenvalue weighted by molar-refractivity contribution is 7.09. The molecular formula is C17H19N3O3S. The van der Waals surface area contributed by atoms with Crippen molar-refractivity contribution in [2.45, 2.75) is 19.9 Å². The van der Waals surface area contributed by atoms with Crippen molar-refractivity contribution >= 4 is 23.3 Å². The average molecular weight is 345 g/mol. The summed E-state index contributed by atoms with van der Waals surface area (Å²) in [5.41, 5.74) is 1.60. The van der Waals surface area contributed by atoms with E-state index in [4.69, 9.17) is 0 Å². The van der Waals surface area contributed by atoms with Crippen molar-refractivity contribution in [3.8, 4) is 11.3 Å². The highest BCUT2D eigenvalue weighted by Crippen LogP contribution is 2.26. The summed E-state index contributed by atoms with van der Waals surface area (Å²) in [4.78, 5) is 36.6. The number of carbonyl (C=O) groups excluding carboxylic acids is 2. The molecule has 0 saturated carbocycles. The van der Waals surface area contributed by atoms with Crippen LogP contribution in [0.2, 0.25) is 0 Å². The van der Waals surface area contributed by atoms with Gasteiger partial charge < -0.3 is 5.32 Å². The van der Waals surface area contributed by atoms with Crippen LogP contribution in [0.5, 0.6) is 0 Å². The summed E-state index contributed by atoms with van der Waals surface area (Å²) in [5, 5.41) is 4.66. The van der Waals surface area contributed by atoms with E-state index < -0.39 is 11.9 Å². The van der Waals surface area contributed by atoms with E-state index in [1.807, 2.05) is 37.3 Å². The second-order valence-corrected chi connectivity index (χ2v) is 6.04. The number of benzene rings is 1. The number of hydrogen-bond acceptors (Lipinski definition) is 4. The lowest BCUT2D eigenvalue weighted by Gasteiger charge is -2.10. The number of amides is 3. The molecule has 1 aromatic carbocycles. The molecule has 0 bridgehead atoms. The number of aryl methyl sites for hydroxylation is 1. The van der Waals surface area contributed by atoms with Crippen molar-refractivity contribution in [1.82, 2.24) is 15.2 Å². The summed E-state index contributed by atoms with van der Waals surface area (Å²) in [6.45, 7) is 5.49. The van der Waals surface area contributed by atoms with Crippen LogP contribution in [0, 0.1) is 0 Å². The first-order valence-corrected chi connectivity index (χ1v) is 8.35. The lowest BCUT2D eigenvalue weighted by Crippen LogP contribution is -2.41. The van der Waals surface area contributed by atoms with Crippen LogP contribution in [0.3, 0.4) is 0 Å². The second kappa shape index (κ2) is 8.26. The lowest BCUT2D eigenvalue weighted by atomic mass is 10.1. The van der Waals surface area contributed by atoms with Crippen LogP contribution in [0.25, 0.3) is 11.3 Å². The van der Waals surface area contributed by atoms with Gasteiger partial charge in [-0.1, -0.05) is 54.7 Å². The van der Waals surface area contributed by atoms with E-state index in [0.717, 1.165) is 27.5 Å². The summed E-state index contributed by atoms with van der Waals surface area (Å²) in [7, 11) is 0. The zero-order chi connectivity index (χ0) is 17.5. The zero-order valence-electron chi connectivity index (χ0n) is 13.4. The average Bonchev–Trinajstić information content (AvgIpc) is 2.89. The number of rotatable bonds is 6. The number of nitrogens with one attached hydrogen (secondary N) is 2. The molecule has 1 aromatic heterocycles. The van der Waals surface area contributed by atoms with Gasteiger partial charge in [0.05, 0.1) is 5.69 Å². The molecule has 2 rings (SSSR count). The molecule has 7 heteroatoms. The van der Waals surface area contributed by atoms with Gasteiger partial charge in [-0.05, 0) is 12.0 Å². The fraction of sp³-hybridized carbons (Fsp3) is 0.235. The number of imide groups is 1. The minimum Gasteiger partial charge on any atom is -0.334 e. The Morgan fingerprint density at radius 1 is 1.29 bits per heavy atom. The predicted octanol–water partition coefficient (Wildman–Crippen LogP) is 2.15. The molecule has 1 heterocycles. The van der Waals surface area contributed by atoms with Crippen LogP contribution in [0.4, 0.5) is 4.79 Å². The normalized spacial score (nSPS) is 10.2. The van der Waals surface area contributed by atoms with Gasteiger partial charge >= 0.3 is 10.9 Å². The van der Waals surface area contributed by atoms with Crippen molar-refractivity contribution in [1.29, 1.82) is 0 Å². The molecule has 2 aromatic rings. The van der Waals surface area contributed by atoms with Gasteiger partial charge in [-0.15, -0.1) is 6.58 Å². The van der Waals surface area contributed by atoms with Crippen LogP contribution in [-0.2, 0) is 17.8 Å². The Morgan fingerprint density at radius 3 is 2.62 bits per heavy atom. The quantitative estimate of drug-likeness (QED) is 0.787. The van der Waals surface area contributed by atoms with Crippen molar-refractivity contribution in [3.63, 3.8) is 0 Å². The first-order chi connectivity index (χ1) is 11.6. The lowest BCUT2D eigenvalue weighted by molar-refractivity contribution is -0.120. The Labute approximate surface area is 143 Å². The molecule has 0 spiro atoms. The Hall–Kier alpha value is -2.67. The third-order valence-corrected chi connectivity index (χ3v) is 4.42. The summed E-state index contributed by atoms with van der Waals surface area (Å²) in [6, 6.07) is 8.83. The summed E-state index contributed by atoms with van der Waals surface area (Å²) in [5.74, 6) is -0.545. The fourth-order valence-corrected chi connectivity index (χ4v) is 3.21. The third-order valence-electron chi connectivity index (χ3n) is 3.29. The number of hydrogen-bond donors (Lipinski definition) is 2. The van der Waals surface area contributed by atoms with E-state index in [1.54, 1.807) is 0 Å². The van der Waals surface area contributed by atoms with Crippen molar-refractivity contribution in [3.05, 3.63) is 57.5 Å². The Bertz CT molecular complexity index is 793. The molecule has 2 N–H and O–H groups in total. The molecule has 0 fully saturated rings. The van der Waals surface area contributed by atoms with Crippen molar-refractivity contribution in [2.75, 3.05) is 6.54 Å². The number of aromatic nitrogens is 1. The van der Waals surface area contributed by atoms with Crippen LogP contribution in [0.1, 0.15) is 11.8 Å². The second-order valence-electron chi connectivity index (χ2n) is 4.99. The van der Waals surface area contributed by atoms with Gasteiger partial charge in [0.25, 0.3) is 0 Å². The van der Waals surface area contributed by atoms with Crippen LogP contribution < -0.4 is 15.5 Å². The van der Waals surface area contributed by atoms with Gasteiger partial charge in [0.2, 0.25) is 5.91 Å². The number of thiazole rings is 1. The van der Waals surface area contributed by atoms with Gasteiger partial charge in [0.1, 0.15) is 6.54 Å². The number of nitrogens with zero attached hydrogens (tertiary/aromatic N) is 1. The number of carbonyl (C=O) groups is 2. The van der Waals surface area contributed by atoms with Gasteiger partial charge in [-0.25, -0.2) is 4.79 Å². The maximum absolute atomic E-state index is 12.3. The third kappa shape index (κ3) is 4.20. The topological polar surface area (TPSA) is 80.2 Å². The monoisotopic (exact) mass is 345 g/mol. The minimum absolute atomic E-state index is 0.207. The van der Waals surface area contributed by atoms with Crippen LogP contribution in [-0.4, -0.2) is 23.1 Å². The predicted molar refractivity (Wildman–Crippen MR) is 95.1 cm³/mol. The molecule has 0 unspecified atom stereocenters. The number of urea groups is 1. The van der Waals surface area contributed by atoms with Crippen molar-refractivity contribution < 1.29 is 9.59 Å². The van der Waals surface area contributed by atoms with E-state index in [0.29, 0.717) is 6.42 Å². The molecule has 0 atom stereocenters. The summed E-state index contributed by atoms with van der Waals surface area (Å²) >= 11 is 1.12. The van der Waals surface area contributed by atoms with E-state index in [9.17, 15) is 14.4 Å². The largest absolute Gasteiger partial charge is 0.334 e. The molecule has 6 nitrogen and oxygen atoms in total. The highest BCUT2D eigenvalue weighted by atomic mass is 32.1. The van der Waals surface area contributed by atoms with Crippen LogP contribution >= 0.6 is 11.3 Å². The smallest absolute Gasteiger partial charge is 0.321 e. The molecule has 0 aliphatic carbocycles. The molecule has 0 radical (unpaired) electrons. The minimum atomic E-state index is -0.611.